The molecule has 22 heavy (non-hydrogen) atoms. The van der Waals surface area contributed by atoms with Gasteiger partial charge in [-0.25, -0.2) is 0 Å². The van der Waals surface area contributed by atoms with Gasteiger partial charge in [-0.1, -0.05) is 37.3 Å². The number of rotatable bonds is 6. The van der Waals surface area contributed by atoms with Gasteiger partial charge in [0, 0.05) is 12.2 Å². The van der Waals surface area contributed by atoms with E-state index in [1.807, 2.05) is 37.3 Å². The van der Waals surface area contributed by atoms with Gasteiger partial charge in [0.05, 0.1) is 6.61 Å². The molecule has 0 saturated carbocycles. The average Bonchev–Trinajstić information content (AvgIpc) is 2.55. The monoisotopic (exact) mass is 314 g/mol. The molecule has 0 radical (unpaired) electrons. The fraction of sp³-hybridized carbons (Fsp3) is 0.278. The maximum absolute atomic E-state index is 5.42. The quantitative estimate of drug-likeness (QED) is 0.784. The molecular formula is C18H22N2OS. The van der Waals surface area contributed by atoms with Crippen molar-refractivity contribution in [3.05, 3.63) is 60.2 Å². The predicted octanol–water partition coefficient (Wildman–Crippen LogP) is 4.18. The molecule has 0 aromatic heterocycles. The lowest BCUT2D eigenvalue weighted by Gasteiger charge is -2.15. The highest BCUT2D eigenvalue weighted by Crippen LogP contribution is 2.16. The summed E-state index contributed by atoms with van der Waals surface area (Å²) in [5.41, 5.74) is 2.26. The van der Waals surface area contributed by atoms with Crippen LogP contribution in [0.2, 0.25) is 0 Å². The van der Waals surface area contributed by atoms with E-state index in [9.17, 15) is 0 Å². The van der Waals surface area contributed by atoms with Crippen molar-refractivity contribution in [1.82, 2.24) is 5.32 Å². The number of anilines is 1. The standard InChI is InChI=1S/C18H22N2OS/c1-3-21-17-11-9-16(10-12-17)20-18(22)19-13-14(2)15-7-5-4-6-8-15/h4-12,14H,3,13H2,1-2H3,(H2,19,20,22)/t14-/m0/s1. The number of thiocarbonyl (C=S) groups is 1. The molecule has 0 bridgehead atoms. The van der Waals surface area contributed by atoms with E-state index in [0.717, 1.165) is 18.0 Å². The van der Waals surface area contributed by atoms with Gasteiger partial charge in [0.15, 0.2) is 5.11 Å². The molecule has 0 spiro atoms. The zero-order chi connectivity index (χ0) is 15.8. The molecule has 2 aromatic rings. The van der Waals surface area contributed by atoms with E-state index in [-0.39, 0.29) is 0 Å². The van der Waals surface area contributed by atoms with Gasteiger partial charge in [-0.05, 0) is 54.9 Å². The number of nitrogens with one attached hydrogen (secondary N) is 2. The van der Waals surface area contributed by atoms with Crippen LogP contribution in [0.5, 0.6) is 5.75 Å². The molecule has 0 heterocycles. The minimum atomic E-state index is 0.404. The number of hydrogen-bond donors (Lipinski definition) is 2. The van der Waals surface area contributed by atoms with E-state index in [0.29, 0.717) is 17.6 Å². The minimum Gasteiger partial charge on any atom is -0.494 e. The van der Waals surface area contributed by atoms with Crippen molar-refractivity contribution in [2.45, 2.75) is 19.8 Å². The van der Waals surface area contributed by atoms with Crippen molar-refractivity contribution in [3.63, 3.8) is 0 Å². The zero-order valence-electron chi connectivity index (χ0n) is 13.0. The topological polar surface area (TPSA) is 33.3 Å². The van der Waals surface area contributed by atoms with Crippen molar-refractivity contribution in [3.8, 4) is 5.75 Å². The third-order valence-corrected chi connectivity index (χ3v) is 3.61. The molecule has 0 aliphatic rings. The predicted molar refractivity (Wildman–Crippen MR) is 96.7 cm³/mol. The van der Waals surface area contributed by atoms with E-state index in [1.165, 1.54) is 5.56 Å². The smallest absolute Gasteiger partial charge is 0.170 e. The average molecular weight is 314 g/mol. The van der Waals surface area contributed by atoms with Crippen LogP contribution in [-0.4, -0.2) is 18.3 Å². The first kappa shape index (κ1) is 16.3. The molecule has 116 valence electrons. The first-order valence-corrected chi connectivity index (χ1v) is 7.92. The van der Waals surface area contributed by atoms with Gasteiger partial charge in [0.25, 0.3) is 0 Å². The molecule has 3 nitrogen and oxygen atoms in total. The van der Waals surface area contributed by atoms with Gasteiger partial charge in [0.1, 0.15) is 5.75 Å². The van der Waals surface area contributed by atoms with E-state index < -0.39 is 0 Å². The van der Waals surface area contributed by atoms with Crippen molar-refractivity contribution >= 4 is 23.0 Å². The number of hydrogen-bond acceptors (Lipinski definition) is 2. The van der Waals surface area contributed by atoms with Gasteiger partial charge in [-0.2, -0.15) is 0 Å². The van der Waals surface area contributed by atoms with Crippen LogP contribution in [0, 0.1) is 0 Å². The Morgan fingerprint density at radius 3 is 2.41 bits per heavy atom. The summed E-state index contributed by atoms with van der Waals surface area (Å²) in [5.74, 6) is 1.27. The highest BCUT2D eigenvalue weighted by Gasteiger charge is 2.05. The Balaban J connectivity index is 1.80. The lowest BCUT2D eigenvalue weighted by molar-refractivity contribution is 0.340. The summed E-state index contributed by atoms with van der Waals surface area (Å²) in [6.07, 6.45) is 0. The molecule has 0 aliphatic carbocycles. The van der Waals surface area contributed by atoms with Crippen LogP contribution in [0.3, 0.4) is 0 Å². The van der Waals surface area contributed by atoms with Gasteiger partial charge in [0.2, 0.25) is 0 Å². The van der Waals surface area contributed by atoms with Crippen LogP contribution in [0.15, 0.2) is 54.6 Å². The second-order valence-corrected chi connectivity index (χ2v) is 5.51. The molecule has 2 aromatic carbocycles. The second-order valence-electron chi connectivity index (χ2n) is 5.10. The van der Waals surface area contributed by atoms with Crippen LogP contribution >= 0.6 is 12.2 Å². The minimum absolute atomic E-state index is 0.404. The highest BCUT2D eigenvalue weighted by molar-refractivity contribution is 7.80. The van der Waals surface area contributed by atoms with Gasteiger partial charge >= 0.3 is 0 Å². The molecule has 2 rings (SSSR count). The number of ether oxygens (including phenoxy) is 1. The Morgan fingerprint density at radius 1 is 1.09 bits per heavy atom. The van der Waals surface area contributed by atoms with Crippen LogP contribution in [0.25, 0.3) is 0 Å². The Kier molecular flexibility index (Phi) is 6.22. The molecule has 4 heteroatoms. The van der Waals surface area contributed by atoms with Gasteiger partial charge in [-0.15, -0.1) is 0 Å². The van der Waals surface area contributed by atoms with Crippen molar-refractivity contribution in [2.24, 2.45) is 0 Å². The summed E-state index contributed by atoms with van der Waals surface area (Å²) in [6, 6.07) is 18.2. The molecule has 1 atom stereocenters. The van der Waals surface area contributed by atoms with Gasteiger partial charge < -0.3 is 15.4 Å². The Hall–Kier alpha value is -2.07. The normalized spacial score (nSPS) is 11.5. The number of benzene rings is 2. The Morgan fingerprint density at radius 2 is 1.77 bits per heavy atom. The third-order valence-electron chi connectivity index (χ3n) is 3.36. The SMILES string of the molecule is CCOc1ccc(NC(=S)NC[C@H](C)c2ccccc2)cc1. The molecule has 2 N–H and O–H groups in total. The summed E-state index contributed by atoms with van der Waals surface area (Å²) in [7, 11) is 0. The fourth-order valence-electron chi connectivity index (χ4n) is 2.12. The molecule has 0 fully saturated rings. The van der Waals surface area contributed by atoms with E-state index in [1.54, 1.807) is 0 Å². The first-order valence-electron chi connectivity index (χ1n) is 7.51. The first-order chi connectivity index (χ1) is 10.7. The van der Waals surface area contributed by atoms with E-state index >= 15 is 0 Å². The molecule has 0 saturated heterocycles. The van der Waals surface area contributed by atoms with Crippen molar-refractivity contribution in [1.29, 1.82) is 0 Å². The maximum Gasteiger partial charge on any atom is 0.170 e. The summed E-state index contributed by atoms with van der Waals surface area (Å²) in [6.45, 7) is 5.62. The van der Waals surface area contributed by atoms with Crippen LogP contribution < -0.4 is 15.4 Å². The lowest BCUT2D eigenvalue weighted by atomic mass is 10.0. The van der Waals surface area contributed by atoms with Crippen molar-refractivity contribution < 1.29 is 4.74 Å². The fourth-order valence-corrected chi connectivity index (χ4v) is 2.32. The highest BCUT2D eigenvalue weighted by atomic mass is 32.1. The lowest BCUT2D eigenvalue weighted by Crippen LogP contribution is -2.31. The summed E-state index contributed by atoms with van der Waals surface area (Å²) in [5, 5.41) is 7.07. The van der Waals surface area contributed by atoms with Crippen molar-refractivity contribution in [2.75, 3.05) is 18.5 Å². The maximum atomic E-state index is 5.42. The van der Waals surface area contributed by atoms with Gasteiger partial charge in [-0.3, -0.25) is 0 Å². The largest absolute Gasteiger partial charge is 0.494 e. The van der Waals surface area contributed by atoms with E-state index in [4.69, 9.17) is 17.0 Å². The Labute approximate surface area is 137 Å². The molecule has 0 amide bonds. The molecule has 0 unspecified atom stereocenters. The summed E-state index contributed by atoms with van der Waals surface area (Å²) >= 11 is 5.33. The van der Waals surface area contributed by atoms with E-state index in [2.05, 4.69) is 41.8 Å². The van der Waals surface area contributed by atoms with Crippen LogP contribution in [0.1, 0.15) is 25.3 Å². The molecule has 0 aliphatic heterocycles. The van der Waals surface area contributed by atoms with Crippen LogP contribution in [-0.2, 0) is 0 Å². The van der Waals surface area contributed by atoms with Crippen LogP contribution in [0.4, 0.5) is 5.69 Å². The third kappa shape index (κ3) is 5.04. The Bertz CT molecular complexity index is 584. The summed E-state index contributed by atoms with van der Waals surface area (Å²) < 4.78 is 5.42. The zero-order valence-corrected chi connectivity index (χ0v) is 13.8. The second kappa shape index (κ2) is 8.39. The molecular weight excluding hydrogens is 292 g/mol. The summed E-state index contributed by atoms with van der Waals surface area (Å²) in [4.78, 5) is 0.